The van der Waals surface area contributed by atoms with Gasteiger partial charge in [0.15, 0.2) is 0 Å². The van der Waals surface area contributed by atoms with Crippen LogP contribution in [0.25, 0.3) is 0 Å². The van der Waals surface area contributed by atoms with Crippen molar-refractivity contribution in [2.75, 3.05) is 20.4 Å². The summed E-state index contributed by atoms with van der Waals surface area (Å²) in [5.74, 6) is 0.798. The van der Waals surface area contributed by atoms with Crippen LogP contribution in [-0.2, 0) is 11.3 Å². The maximum absolute atomic E-state index is 12.5. The molecule has 0 fully saturated rings. The van der Waals surface area contributed by atoms with Crippen molar-refractivity contribution in [3.05, 3.63) is 71.7 Å². The fourth-order valence-electron chi connectivity index (χ4n) is 3.31. The van der Waals surface area contributed by atoms with Gasteiger partial charge in [0.2, 0.25) is 0 Å². The number of hydrogen-bond acceptors (Lipinski definition) is 6. The van der Waals surface area contributed by atoms with E-state index in [0.717, 1.165) is 17.1 Å². The molecule has 0 bridgehead atoms. The summed E-state index contributed by atoms with van der Waals surface area (Å²) in [6, 6.07) is 15.3. The average molecular weight is 407 g/mol. The van der Waals surface area contributed by atoms with Crippen LogP contribution < -0.4 is 14.8 Å². The Morgan fingerprint density at radius 2 is 1.86 bits per heavy atom. The van der Waals surface area contributed by atoms with Crippen LogP contribution in [0.15, 0.2) is 66.1 Å². The van der Waals surface area contributed by atoms with E-state index in [1.165, 1.54) is 18.2 Å². The normalized spacial score (nSPS) is 19.1. The standard InChI is InChI=1S/C20H20F3N3O3/c1-25-13-27-12-17-18(25)24-19(26(17)11-14-6-3-2-4-7-14)28-15-8-5-9-16(10-15)29-20(21,22)23/h2-10,19,24H,11-13H2,1H3. The van der Waals surface area contributed by atoms with E-state index >= 15 is 0 Å². The summed E-state index contributed by atoms with van der Waals surface area (Å²) in [5.41, 5.74) is 1.99. The first-order chi connectivity index (χ1) is 13.9. The summed E-state index contributed by atoms with van der Waals surface area (Å²) in [6.07, 6.45) is -5.37. The highest BCUT2D eigenvalue weighted by Crippen LogP contribution is 2.31. The summed E-state index contributed by atoms with van der Waals surface area (Å²) in [4.78, 5) is 3.92. The molecule has 0 aliphatic carbocycles. The third-order valence-corrected chi connectivity index (χ3v) is 4.55. The predicted molar refractivity (Wildman–Crippen MR) is 98.3 cm³/mol. The molecule has 1 unspecified atom stereocenters. The van der Waals surface area contributed by atoms with Gasteiger partial charge in [-0.15, -0.1) is 13.2 Å². The third-order valence-electron chi connectivity index (χ3n) is 4.55. The van der Waals surface area contributed by atoms with Gasteiger partial charge in [0, 0.05) is 19.7 Å². The van der Waals surface area contributed by atoms with Crippen molar-refractivity contribution < 1.29 is 27.4 Å². The highest BCUT2D eigenvalue weighted by Gasteiger charge is 2.37. The molecule has 0 saturated carbocycles. The quantitative estimate of drug-likeness (QED) is 0.820. The van der Waals surface area contributed by atoms with Gasteiger partial charge in [0.25, 0.3) is 6.35 Å². The number of nitrogens with one attached hydrogen (secondary N) is 1. The molecule has 2 aliphatic heterocycles. The van der Waals surface area contributed by atoms with Crippen LogP contribution in [0.5, 0.6) is 11.5 Å². The Kier molecular flexibility index (Phi) is 5.14. The maximum atomic E-state index is 12.5. The van der Waals surface area contributed by atoms with Gasteiger partial charge in [0.05, 0.1) is 12.3 Å². The Hall–Kier alpha value is -3.07. The number of rotatable bonds is 5. The summed E-state index contributed by atoms with van der Waals surface area (Å²) in [7, 11) is 1.89. The first kappa shape index (κ1) is 19.3. The molecular formula is C20H20F3N3O3. The predicted octanol–water partition coefficient (Wildman–Crippen LogP) is 3.44. The van der Waals surface area contributed by atoms with Crippen LogP contribution in [0.3, 0.4) is 0 Å². The summed E-state index contributed by atoms with van der Waals surface area (Å²) >= 11 is 0. The molecule has 0 saturated heterocycles. The summed E-state index contributed by atoms with van der Waals surface area (Å²) < 4.78 is 53.2. The van der Waals surface area contributed by atoms with Crippen LogP contribution in [0, 0.1) is 0 Å². The number of halogens is 3. The maximum Gasteiger partial charge on any atom is 0.573 e. The van der Waals surface area contributed by atoms with Crippen molar-refractivity contribution in [3.8, 4) is 11.5 Å². The van der Waals surface area contributed by atoms with Gasteiger partial charge in [-0.2, -0.15) is 0 Å². The van der Waals surface area contributed by atoms with Gasteiger partial charge >= 0.3 is 6.36 Å². The third kappa shape index (κ3) is 4.51. The molecule has 0 spiro atoms. The van der Waals surface area contributed by atoms with E-state index in [1.54, 1.807) is 6.07 Å². The second kappa shape index (κ2) is 7.75. The van der Waals surface area contributed by atoms with Crippen LogP contribution in [0.4, 0.5) is 13.2 Å². The molecular weight excluding hydrogens is 387 g/mol. The smallest absolute Gasteiger partial charge is 0.452 e. The Balaban J connectivity index is 1.56. The zero-order valence-electron chi connectivity index (χ0n) is 15.6. The topological polar surface area (TPSA) is 46.2 Å². The Morgan fingerprint density at radius 1 is 1.10 bits per heavy atom. The van der Waals surface area contributed by atoms with E-state index in [0.29, 0.717) is 19.9 Å². The minimum Gasteiger partial charge on any atom is -0.452 e. The molecule has 2 aromatic rings. The molecule has 2 heterocycles. The van der Waals surface area contributed by atoms with E-state index < -0.39 is 12.7 Å². The van der Waals surface area contributed by atoms with Gasteiger partial charge in [-0.05, 0) is 17.7 Å². The number of nitrogens with zero attached hydrogens (tertiary/aromatic N) is 2. The van der Waals surface area contributed by atoms with Crippen molar-refractivity contribution >= 4 is 0 Å². The fourth-order valence-corrected chi connectivity index (χ4v) is 3.31. The van der Waals surface area contributed by atoms with Gasteiger partial charge in [-0.25, -0.2) is 0 Å². The van der Waals surface area contributed by atoms with Crippen LogP contribution in [0.1, 0.15) is 5.56 Å². The highest BCUT2D eigenvalue weighted by atomic mass is 19.4. The van der Waals surface area contributed by atoms with E-state index in [9.17, 15) is 13.2 Å². The van der Waals surface area contributed by atoms with Crippen LogP contribution in [0.2, 0.25) is 0 Å². The van der Waals surface area contributed by atoms with Gasteiger partial charge in [-0.3, -0.25) is 0 Å². The summed E-state index contributed by atoms with van der Waals surface area (Å²) in [5, 5.41) is 3.30. The van der Waals surface area contributed by atoms with Crippen molar-refractivity contribution in [1.29, 1.82) is 0 Å². The molecule has 29 heavy (non-hydrogen) atoms. The van der Waals surface area contributed by atoms with Crippen LogP contribution in [-0.4, -0.2) is 42.9 Å². The minimum absolute atomic E-state index is 0.255. The van der Waals surface area contributed by atoms with Crippen molar-refractivity contribution in [2.45, 2.75) is 19.3 Å². The van der Waals surface area contributed by atoms with Gasteiger partial charge < -0.3 is 29.3 Å². The lowest BCUT2D eigenvalue weighted by atomic mass is 10.2. The first-order valence-corrected chi connectivity index (χ1v) is 9.01. The largest absolute Gasteiger partial charge is 0.573 e. The molecule has 0 amide bonds. The van der Waals surface area contributed by atoms with E-state index in [-0.39, 0.29) is 11.5 Å². The van der Waals surface area contributed by atoms with E-state index in [1.807, 2.05) is 47.2 Å². The fraction of sp³-hybridized carbons (Fsp3) is 0.300. The van der Waals surface area contributed by atoms with Gasteiger partial charge in [-0.1, -0.05) is 36.4 Å². The minimum atomic E-state index is -4.76. The second-order valence-electron chi connectivity index (χ2n) is 6.72. The zero-order valence-corrected chi connectivity index (χ0v) is 15.6. The lowest BCUT2D eigenvalue weighted by Crippen LogP contribution is -2.42. The number of alkyl halides is 3. The van der Waals surface area contributed by atoms with Crippen molar-refractivity contribution in [1.82, 2.24) is 15.1 Å². The lowest BCUT2D eigenvalue weighted by Gasteiger charge is -2.30. The zero-order chi connectivity index (χ0) is 20.4. The SMILES string of the molecule is CN1COCC2=C1NC(Oc1cccc(OC(F)(F)F)c1)N2Cc1ccccc1. The molecule has 1 atom stereocenters. The second-order valence-corrected chi connectivity index (χ2v) is 6.72. The molecule has 2 aromatic carbocycles. The Morgan fingerprint density at radius 3 is 2.62 bits per heavy atom. The van der Waals surface area contributed by atoms with E-state index in [4.69, 9.17) is 9.47 Å². The monoisotopic (exact) mass is 407 g/mol. The number of ether oxygens (including phenoxy) is 3. The lowest BCUT2D eigenvalue weighted by molar-refractivity contribution is -0.274. The van der Waals surface area contributed by atoms with Crippen molar-refractivity contribution in [2.24, 2.45) is 0 Å². The highest BCUT2D eigenvalue weighted by molar-refractivity contribution is 5.34. The Bertz CT molecular complexity index is 889. The molecule has 0 radical (unpaired) electrons. The number of benzene rings is 2. The number of hydrogen-bond donors (Lipinski definition) is 1. The molecule has 2 aliphatic rings. The molecule has 154 valence electrons. The first-order valence-electron chi connectivity index (χ1n) is 9.01. The molecule has 0 aromatic heterocycles. The average Bonchev–Trinajstić information content (AvgIpc) is 3.00. The van der Waals surface area contributed by atoms with Crippen LogP contribution >= 0.6 is 0 Å². The summed E-state index contributed by atoms with van der Waals surface area (Å²) in [6.45, 7) is 1.40. The van der Waals surface area contributed by atoms with Gasteiger partial charge in [0.1, 0.15) is 24.1 Å². The molecule has 6 nitrogen and oxygen atoms in total. The molecule has 4 rings (SSSR count). The van der Waals surface area contributed by atoms with Crippen molar-refractivity contribution in [3.63, 3.8) is 0 Å². The Labute approximate surface area is 166 Å². The van der Waals surface area contributed by atoms with E-state index in [2.05, 4.69) is 10.1 Å². The molecule has 9 heteroatoms. The molecule has 1 N–H and O–H groups in total.